The van der Waals surface area contributed by atoms with Gasteiger partial charge in [0.05, 0.1) is 0 Å². The van der Waals surface area contributed by atoms with Gasteiger partial charge in [-0.3, -0.25) is 4.55 Å². The van der Waals surface area contributed by atoms with E-state index >= 15 is 0 Å². The van der Waals surface area contributed by atoms with Gasteiger partial charge >= 0.3 is 0 Å². The molecule has 10 heteroatoms. The van der Waals surface area contributed by atoms with Gasteiger partial charge in [0, 0.05) is 31.1 Å². The molecule has 2 aromatic rings. The maximum Gasteiger partial charge on any atom is 0.249 e. The number of anilines is 1. The molecular formula is C18H27ClN6O2S. The number of halogens is 1. The molecule has 2 aliphatic rings. The third kappa shape index (κ3) is 3.54. The van der Waals surface area contributed by atoms with Crippen molar-refractivity contribution in [2.24, 2.45) is 10.8 Å². The maximum atomic E-state index is 11.8. The van der Waals surface area contributed by atoms with E-state index in [0.717, 1.165) is 42.8 Å². The molecule has 0 amide bonds. The Morgan fingerprint density at radius 3 is 2.71 bits per heavy atom. The lowest BCUT2D eigenvalue weighted by atomic mass is 9.61. The maximum absolute atomic E-state index is 11.8. The molecule has 2 fully saturated rings. The van der Waals surface area contributed by atoms with Crippen molar-refractivity contribution >= 4 is 34.2 Å². The van der Waals surface area contributed by atoms with Crippen LogP contribution >= 0.6 is 11.6 Å². The SMILES string of the molecule is Cc1cc(Cl)n2ncnc(N3CC4(CC(N(NCC(C)(C)C)S(=O)O)C4)C3)c12. The summed E-state index contributed by atoms with van der Waals surface area (Å²) in [7, 11) is 0. The van der Waals surface area contributed by atoms with Crippen molar-refractivity contribution in [1.82, 2.24) is 24.4 Å². The van der Waals surface area contributed by atoms with Gasteiger partial charge in [0.1, 0.15) is 17.0 Å². The molecule has 8 nitrogen and oxygen atoms in total. The highest BCUT2D eigenvalue weighted by molar-refractivity contribution is 7.76. The average Bonchev–Trinajstić information content (AvgIpc) is 2.81. The molecule has 3 heterocycles. The van der Waals surface area contributed by atoms with E-state index in [1.54, 1.807) is 4.52 Å². The predicted octanol–water partition coefficient (Wildman–Crippen LogP) is 2.65. The van der Waals surface area contributed by atoms with Gasteiger partial charge < -0.3 is 4.90 Å². The number of hydrogen-bond acceptors (Lipinski definition) is 5. The number of aromatic nitrogens is 3. The Kier molecular flexibility index (Phi) is 4.95. The van der Waals surface area contributed by atoms with E-state index in [0.29, 0.717) is 11.7 Å². The van der Waals surface area contributed by atoms with Gasteiger partial charge in [-0.2, -0.15) is 5.10 Å². The summed E-state index contributed by atoms with van der Waals surface area (Å²) in [6.45, 7) is 10.8. The Bertz CT molecular complexity index is 913. The second kappa shape index (κ2) is 6.91. The van der Waals surface area contributed by atoms with Gasteiger partial charge in [0.2, 0.25) is 11.3 Å². The Morgan fingerprint density at radius 2 is 2.11 bits per heavy atom. The molecule has 0 radical (unpaired) electrons. The summed E-state index contributed by atoms with van der Waals surface area (Å²) in [4.78, 5) is 6.74. The molecule has 0 aromatic carbocycles. The van der Waals surface area contributed by atoms with Crippen molar-refractivity contribution < 1.29 is 8.76 Å². The van der Waals surface area contributed by atoms with Crippen molar-refractivity contribution in [2.45, 2.75) is 46.6 Å². The van der Waals surface area contributed by atoms with Crippen LogP contribution in [0.25, 0.3) is 5.52 Å². The summed E-state index contributed by atoms with van der Waals surface area (Å²) < 4.78 is 24.7. The van der Waals surface area contributed by atoms with E-state index in [1.165, 1.54) is 10.7 Å². The molecule has 1 unspecified atom stereocenters. The van der Waals surface area contributed by atoms with Gasteiger partial charge in [0.15, 0.2) is 5.82 Å². The van der Waals surface area contributed by atoms with Crippen molar-refractivity contribution in [1.29, 1.82) is 0 Å². The second-order valence-electron chi connectivity index (χ2n) is 9.36. The fraction of sp³-hybridized carbons (Fsp3) is 0.667. The first-order valence-corrected chi connectivity index (χ1v) is 10.9. The summed E-state index contributed by atoms with van der Waals surface area (Å²) in [6.07, 6.45) is 3.33. The minimum absolute atomic E-state index is 0.0427. The van der Waals surface area contributed by atoms with Crippen LogP contribution in [0.15, 0.2) is 12.4 Å². The molecular weight excluding hydrogens is 400 g/mol. The first-order chi connectivity index (χ1) is 13.1. The molecule has 1 saturated carbocycles. The van der Waals surface area contributed by atoms with Gasteiger partial charge in [-0.25, -0.2) is 19.1 Å². The number of aryl methyl sites for hydroxylation is 1. The number of fused-ring (bicyclic) bond motifs is 1. The van der Waals surface area contributed by atoms with E-state index in [4.69, 9.17) is 11.6 Å². The fourth-order valence-electron chi connectivity index (χ4n) is 4.29. The van der Waals surface area contributed by atoms with Gasteiger partial charge in [0.25, 0.3) is 0 Å². The summed E-state index contributed by atoms with van der Waals surface area (Å²) in [5.41, 5.74) is 5.39. The van der Waals surface area contributed by atoms with E-state index < -0.39 is 11.3 Å². The first kappa shape index (κ1) is 20.0. The third-order valence-electron chi connectivity index (χ3n) is 5.64. The molecule has 2 N–H and O–H groups in total. The third-order valence-corrected chi connectivity index (χ3v) is 6.67. The number of hydrazine groups is 1. The Morgan fingerprint density at radius 1 is 1.43 bits per heavy atom. The molecule has 4 rings (SSSR count). The highest BCUT2D eigenvalue weighted by Crippen LogP contribution is 2.51. The number of hydrogen-bond donors (Lipinski definition) is 2. The zero-order chi connectivity index (χ0) is 20.3. The predicted molar refractivity (Wildman–Crippen MR) is 110 cm³/mol. The van der Waals surface area contributed by atoms with E-state index in [1.807, 2.05) is 13.0 Å². The van der Waals surface area contributed by atoms with Crippen LogP contribution in [0, 0.1) is 17.8 Å². The van der Waals surface area contributed by atoms with E-state index in [-0.39, 0.29) is 16.9 Å². The average molecular weight is 427 g/mol. The Labute approximate surface area is 172 Å². The quantitative estimate of drug-likeness (QED) is 0.564. The zero-order valence-corrected chi connectivity index (χ0v) is 18.2. The monoisotopic (exact) mass is 426 g/mol. The first-order valence-electron chi connectivity index (χ1n) is 9.46. The zero-order valence-electron chi connectivity index (χ0n) is 16.6. The topological polar surface area (TPSA) is 86.0 Å². The Balaban J connectivity index is 1.41. The van der Waals surface area contributed by atoms with Crippen LogP contribution < -0.4 is 10.3 Å². The summed E-state index contributed by atoms with van der Waals surface area (Å²) in [6, 6.07) is 1.98. The van der Waals surface area contributed by atoms with Crippen molar-refractivity contribution in [3.63, 3.8) is 0 Å². The minimum atomic E-state index is -2.02. The molecule has 28 heavy (non-hydrogen) atoms. The van der Waals surface area contributed by atoms with Crippen LogP contribution in [-0.4, -0.2) is 53.5 Å². The standard InChI is InChI=1S/C18H27ClN6O2S/c1-12-5-14(19)24-15(12)16(20-11-22-24)23-9-18(10-23)6-13(7-18)25(28(26)27)21-8-17(2,3)4/h5,11,13,21H,6-10H2,1-4H3,(H,26,27). The Hall–Kier alpha value is -1.26. The van der Waals surface area contributed by atoms with Crippen LogP contribution in [0.5, 0.6) is 0 Å². The van der Waals surface area contributed by atoms with Crippen LogP contribution in [0.2, 0.25) is 5.15 Å². The largest absolute Gasteiger partial charge is 0.354 e. The molecule has 1 saturated heterocycles. The molecule has 2 aromatic heterocycles. The number of rotatable bonds is 5. The molecule has 1 atom stereocenters. The van der Waals surface area contributed by atoms with E-state index in [9.17, 15) is 8.76 Å². The lowest BCUT2D eigenvalue weighted by Crippen LogP contribution is -2.68. The van der Waals surface area contributed by atoms with Crippen LogP contribution in [0.4, 0.5) is 5.82 Å². The van der Waals surface area contributed by atoms with Crippen LogP contribution in [0.1, 0.15) is 39.2 Å². The van der Waals surface area contributed by atoms with Crippen molar-refractivity contribution in [3.8, 4) is 0 Å². The van der Waals surface area contributed by atoms with Gasteiger partial charge in [-0.15, -0.1) is 4.41 Å². The van der Waals surface area contributed by atoms with Crippen molar-refractivity contribution in [3.05, 3.63) is 23.1 Å². The fourth-order valence-corrected chi connectivity index (χ4v) is 5.17. The summed E-state index contributed by atoms with van der Waals surface area (Å²) in [5, 5.41) is 4.82. The lowest BCUT2D eigenvalue weighted by molar-refractivity contribution is -0.00596. The lowest BCUT2D eigenvalue weighted by Gasteiger charge is -2.60. The summed E-state index contributed by atoms with van der Waals surface area (Å²) in [5.74, 6) is 0.905. The number of nitrogens with zero attached hydrogens (tertiary/aromatic N) is 5. The molecule has 1 spiro atoms. The molecule has 0 bridgehead atoms. The van der Waals surface area contributed by atoms with Crippen LogP contribution in [0.3, 0.4) is 0 Å². The van der Waals surface area contributed by atoms with Crippen LogP contribution in [-0.2, 0) is 11.3 Å². The second-order valence-corrected chi connectivity index (χ2v) is 10.6. The highest BCUT2D eigenvalue weighted by atomic mass is 35.5. The molecule has 154 valence electrons. The smallest absolute Gasteiger partial charge is 0.249 e. The molecule has 1 aliphatic carbocycles. The number of nitrogens with one attached hydrogen (secondary N) is 1. The van der Waals surface area contributed by atoms with Gasteiger partial charge in [-0.05, 0) is 36.8 Å². The van der Waals surface area contributed by atoms with Gasteiger partial charge in [-0.1, -0.05) is 32.4 Å². The minimum Gasteiger partial charge on any atom is -0.354 e. The highest BCUT2D eigenvalue weighted by Gasteiger charge is 2.55. The van der Waals surface area contributed by atoms with E-state index in [2.05, 4.69) is 41.2 Å². The molecule has 1 aliphatic heterocycles. The van der Waals surface area contributed by atoms with Crippen molar-refractivity contribution in [2.75, 3.05) is 24.5 Å². The summed E-state index contributed by atoms with van der Waals surface area (Å²) >= 11 is 4.22. The normalized spacial score (nSPS) is 20.6.